The lowest BCUT2D eigenvalue weighted by atomic mass is 10.0. The number of nitrogens with one attached hydrogen (secondary N) is 1. The highest BCUT2D eigenvalue weighted by Crippen LogP contribution is 2.31. The summed E-state index contributed by atoms with van der Waals surface area (Å²) in [5.74, 6) is 1.59. The number of aromatic nitrogens is 7. The van der Waals surface area contributed by atoms with Gasteiger partial charge in [0.15, 0.2) is 0 Å². The zero-order chi connectivity index (χ0) is 22.4. The third-order valence-electron chi connectivity index (χ3n) is 6.00. The minimum atomic E-state index is 0.0103. The molecule has 164 valence electrons. The van der Waals surface area contributed by atoms with Gasteiger partial charge in [0.2, 0.25) is 0 Å². The number of amides is 1. The third kappa shape index (κ3) is 3.43. The number of rotatable bonds is 5. The first kappa shape index (κ1) is 20.0. The Bertz CT molecular complexity index is 1300. The molecule has 0 aromatic carbocycles. The molecule has 1 N–H and O–H groups in total. The quantitative estimate of drug-likeness (QED) is 0.521. The number of hydrogen-bond acceptors (Lipinski definition) is 6. The van der Waals surface area contributed by atoms with Crippen LogP contribution in [-0.4, -0.2) is 51.2 Å². The van der Waals surface area contributed by atoms with Gasteiger partial charge in [0.25, 0.3) is 5.91 Å². The molecule has 32 heavy (non-hydrogen) atoms. The maximum Gasteiger partial charge on any atom is 0.271 e. The monoisotopic (exact) mass is 431 g/mol. The first-order valence-corrected chi connectivity index (χ1v) is 10.5. The number of carbonyl (C=O) groups is 1. The minimum absolute atomic E-state index is 0.0103. The van der Waals surface area contributed by atoms with Crippen LogP contribution in [0.1, 0.15) is 28.7 Å². The summed E-state index contributed by atoms with van der Waals surface area (Å²) in [6.45, 7) is 5.31. The highest BCUT2D eigenvalue weighted by Gasteiger charge is 2.31. The summed E-state index contributed by atoms with van der Waals surface area (Å²) in [6.07, 6.45) is 7.34. The SMILES string of the molecule is Cc1cnc(Nc2ccnn2C)cc1-c1cc2n(c1)C[C@H](C)N(Cc1cnnn1C)C2=O. The van der Waals surface area contributed by atoms with Gasteiger partial charge in [-0.25, -0.2) is 4.98 Å². The second-order valence-electron chi connectivity index (χ2n) is 8.25. The Morgan fingerprint density at radius 2 is 2.03 bits per heavy atom. The van der Waals surface area contributed by atoms with E-state index >= 15 is 0 Å². The lowest BCUT2D eigenvalue weighted by molar-refractivity contribution is 0.0590. The number of hydrogen-bond donors (Lipinski definition) is 1. The summed E-state index contributed by atoms with van der Waals surface area (Å²) in [4.78, 5) is 19.7. The molecule has 0 fully saturated rings. The van der Waals surface area contributed by atoms with Crippen molar-refractivity contribution in [2.75, 3.05) is 5.32 Å². The molecular weight excluding hydrogens is 406 g/mol. The molecule has 0 saturated carbocycles. The molecule has 1 atom stereocenters. The van der Waals surface area contributed by atoms with Crippen LogP contribution < -0.4 is 5.32 Å². The van der Waals surface area contributed by atoms with Crippen LogP contribution in [0.25, 0.3) is 11.1 Å². The molecule has 0 unspecified atom stereocenters. The normalized spacial score (nSPS) is 15.8. The van der Waals surface area contributed by atoms with Crippen LogP contribution in [0.15, 0.2) is 43.0 Å². The number of aryl methyl sites for hydroxylation is 3. The molecule has 1 aliphatic heterocycles. The predicted octanol–water partition coefficient (Wildman–Crippen LogP) is 2.51. The Morgan fingerprint density at radius 1 is 1.19 bits per heavy atom. The van der Waals surface area contributed by atoms with Crippen LogP contribution in [0.2, 0.25) is 0 Å². The van der Waals surface area contributed by atoms with Gasteiger partial charge in [-0.2, -0.15) is 5.10 Å². The maximum atomic E-state index is 13.3. The number of fused-ring (bicyclic) bond motifs is 1. The zero-order valence-electron chi connectivity index (χ0n) is 18.5. The second kappa shape index (κ2) is 7.63. The van der Waals surface area contributed by atoms with Gasteiger partial charge in [-0.3, -0.25) is 14.2 Å². The van der Waals surface area contributed by atoms with Gasteiger partial charge in [-0.1, -0.05) is 5.21 Å². The summed E-state index contributed by atoms with van der Waals surface area (Å²) >= 11 is 0. The van der Waals surface area contributed by atoms with E-state index in [2.05, 4.69) is 43.4 Å². The molecule has 0 saturated heterocycles. The predicted molar refractivity (Wildman–Crippen MR) is 119 cm³/mol. The highest BCUT2D eigenvalue weighted by molar-refractivity contribution is 5.95. The van der Waals surface area contributed by atoms with Gasteiger partial charge >= 0.3 is 0 Å². The van der Waals surface area contributed by atoms with Gasteiger partial charge in [0.05, 0.1) is 24.6 Å². The van der Waals surface area contributed by atoms with E-state index in [1.54, 1.807) is 21.8 Å². The zero-order valence-corrected chi connectivity index (χ0v) is 18.5. The van der Waals surface area contributed by atoms with Gasteiger partial charge in [-0.05, 0) is 37.1 Å². The van der Waals surface area contributed by atoms with Crippen molar-refractivity contribution in [3.63, 3.8) is 0 Å². The average molecular weight is 432 g/mol. The van der Waals surface area contributed by atoms with E-state index in [0.717, 1.165) is 40.6 Å². The van der Waals surface area contributed by atoms with E-state index in [-0.39, 0.29) is 11.9 Å². The number of pyridine rings is 1. The Hall–Kier alpha value is -3.95. The molecule has 0 aliphatic carbocycles. The molecule has 4 aromatic heterocycles. The van der Waals surface area contributed by atoms with Crippen LogP contribution in [0.4, 0.5) is 11.6 Å². The standard InChI is InChI=1S/C22H25N9O/c1-14-9-23-20(26-21-5-6-25-29(21)4)8-18(14)16-7-19-22(32)31(15(2)11-30(19)12-16)13-17-10-24-27-28(17)3/h5-10,12,15H,11,13H2,1-4H3,(H,23,26)/t15-/m0/s1. The molecule has 10 nitrogen and oxygen atoms in total. The largest absolute Gasteiger partial charge is 0.341 e. The number of anilines is 2. The summed E-state index contributed by atoms with van der Waals surface area (Å²) in [7, 11) is 3.71. The summed E-state index contributed by atoms with van der Waals surface area (Å²) in [5.41, 5.74) is 4.67. The van der Waals surface area contributed by atoms with Crippen molar-refractivity contribution in [2.45, 2.75) is 33.0 Å². The first-order valence-electron chi connectivity index (χ1n) is 10.5. The van der Waals surface area contributed by atoms with Crippen molar-refractivity contribution < 1.29 is 4.79 Å². The number of nitrogens with zero attached hydrogens (tertiary/aromatic N) is 8. The molecule has 0 radical (unpaired) electrons. The summed E-state index contributed by atoms with van der Waals surface area (Å²) in [5, 5.41) is 15.4. The van der Waals surface area contributed by atoms with Crippen molar-refractivity contribution in [3.8, 4) is 11.1 Å². The molecule has 4 aromatic rings. The molecule has 5 rings (SSSR count). The average Bonchev–Trinajstić information content (AvgIpc) is 3.48. The number of carbonyl (C=O) groups excluding carboxylic acids is 1. The minimum Gasteiger partial charge on any atom is -0.341 e. The van der Waals surface area contributed by atoms with E-state index in [9.17, 15) is 4.79 Å². The lowest BCUT2D eigenvalue weighted by Gasteiger charge is -2.34. The molecule has 10 heteroatoms. The van der Waals surface area contributed by atoms with Crippen molar-refractivity contribution >= 4 is 17.5 Å². The van der Waals surface area contributed by atoms with Crippen molar-refractivity contribution in [1.82, 2.24) is 39.2 Å². The van der Waals surface area contributed by atoms with E-state index in [1.807, 2.05) is 50.3 Å². The Morgan fingerprint density at radius 3 is 2.75 bits per heavy atom. The molecule has 5 heterocycles. The van der Waals surface area contributed by atoms with E-state index in [0.29, 0.717) is 12.2 Å². The van der Waals surface area contributed by atoms with E-state index in [4.69, 9.17) is 0 Å². The topological polar surface area (TPSA) is 98.7 Å². The summed E-state index contributed by atoms with van der Waals surface area (Å²) < 4.78 is 5.51. The van der Waals surface area contributed by atoms with Crippen LogP contribution in [0, 0.1) is 6.92 Å². The maximum absolute atomic E-state index is 13.3. The fraction of sp³-hybridized carbons (Fsp3) is 0.318. The van der Waals surface area contributed by atoms with Crippen LogP contribution in [0.5, 0.6) is 0 Å². The molecule has 0 spiro atoms. The van der Waals surface area contributed by atoms with Gasteiger partial charge in [0, 0.05) is 50.7 Å². The second-order valence-corrected chi connectivity index (χ2v) is 8.25. The molecule has 0 bridgehead atoms. The van der Waals surface area contributed by atoms with Gasteiger partial charge < -0.3 is 14.8 Å². The van der Waals surface area contributed by atoms with Gasteiger partial charge in [0.1, 0.15) is 17.3 Å². The van der Waals surface area contributed by atoms with Crippen LogP contribution in [-0.2, 0) is 27.2 Å². The Kier molecular flexibility index (Phi) is 4.76. The fourth-order valence-electron chi connectivity index (χ4n) is 4.11. The third-order valence-corrected chi connectivity index (χ3v) is 6.00. The lowest BCUT2D eigenvalue weighted by Crippen LogP contribution is -2.45. The molecular formula is C22H25N9O. The van der Waals surface area contributed by atoms with Crippen molar-refractivity contribution in [2.24, 2.45) is 14.1 Å². The fourth-order valence-corrected chi connectivity index (χ4v) is 4.11. The van der Waals surface area contributed by atoms with Crippen molar-refractivity contribution in [3.05, 3.63) is 59.9 Å². The summed E-state index contributed by atoms with van der Waals surface area (Å²) in [6, 6.07) is 5.94. The van der Waals surface area contributed by atoms with Crippen LogP contribution >= 0.6 is 0 Å². The smallest absolute Gasteiger partial charge is 0.271 e. The first-order chi connectivity index (χ1) is 15.4. The molecule has 1 amide bonds. The Balaban J connectivity index is 1.45. The van der Waals surface area contributed by atoms with E-state index in [1.165, 1.54) is 0 Å². The van der Waals surface area contributed by atoms with Crippen molar-refractivity contribution in [1.29, 1.82) is 0 Å². The Labute approximate surface area is 185 Å². The highest BCUT2D eigenvalue weighted by atomic mass is 16.2. The van der Waals surface area contributed by atoms with Crippen LogP contribution in [0.3, 0.4) is 0 Å². The van der Waals surface area contributed by atoms with E-state index < -0.39 is 0 Å². The molecule has 1 aliphatic rings. The van der Waals surface area contributed by atoms with Gasteiger partial charge in [-0.15, -0.1) is 5.10 Å².